The third-order valence-electron chi connectivity index (χ3n) is 2.89. The summed E-state index contributed by atoms with van der Waals surface area (Å²) < 4.78 is 11.3. The van der Waals surface area contributed by atoms with Crippen LogP contribution in [0.2, 0.25) is 5.02 Å². The molecule has 1 rings (SSSR count). The summed E-state index contributed by atoms with van der Waals surface area (Å²) in [5.74, 6) is 0.886. The average Bonchev–Trinajstić information content (AvgIpc) is 2.45. The Balaban J connectivity index is 2.38. The Morgan fingerprint density at radius 2 is 1.95 bits per heavy atom. The van der Waals surface area contributed by atoms with E-state index in [-0.39, 0.29) is 0 Å². The molecule has 0 aliphatic carbocycles. The van der Waals surface area contributed by atoms with Gasteiger partial charge in [-0.1, -0.05) is 31.9 Å². The predicted molar refractivity (Wildman–Crippen MR) is 84.7 cm³/mol. The minimum atomic E-state index is 0.576. The average molecular weight is 300 g/mol. The van der Waals surface area contributed by atoms with E-state index < -0.39 is 0 Å². The van der Waals surface area contributed by atoms with Crippen molar-refractivity contribution in [3.8, 4) is 5.75 Å². The van der Waals surface area contributed by atoms with Crippen molar-refractivity contribution in [2.75, 3.05) is 26.4 Å². The summed E-state index contributed by atoms with van der Waals surface area (Å²) in [7, 11) is 0. The van der Waals surface area contributed by atoms with Crippen LogP contribution in [0.25, 0.3) is 0 Å². The van der Waals surface area contributed by atoms with Gasteiger partial charge in [0.1, 0.15) is 12.4 Å². The zero-order valence-electron chi connectivity index (χ0n) is 12.6. The lowest BCUT2D eigenvalue weighted by Crippen LogP contribution is -2.15. The summed E-state index contributed by atoms with van der Waals surface area (Å²) in [4.78, 5) is 0. The third-order valence-corrected chi connectivity index (χ3v) is 3.13. The van der Waals surface area contributed by atoms with Crippen LogP contribution in [-0.2, 0) is 11.3 Å². The van der Waals surface area contributed by atoms with E-state index in [2.05, 4.69) is 19.2 Å². The van der Waals surface area contributed by atoms with Crippen molar-refractivity contribution in [2.45, 2.75) is 39.7 Å². The second-order valence-corrected chi connectivity index (χ2v) is 5.18. The summed E-state index contributed by atoms with van der Waals surface area (Å²) in [5.41, 5.74) is 1.10. The van der Waals surface area contributed by atoms with Gasteiger partial charge in [0.2, 0.25) is 0 Å². The number of nitrogens with one attached hydrogen (secondary N) is 1. The first-order chi connectivity index (χ1) is 9.77. The van der Waals surface area contributed by atoms with Gasteiger partial charge in [0.25, 0.3) is 0 Å². The SMILES string of the molecule is CCCCOCCOc1ccc(Cl)cc1CNCCC. The van der Waals surface area contributed by atoms with Gasteiger partial charge in [0.15, 0.2) is 0 Å². The highest BCUT2D eigenvalue weighted by atomic mass is 35.5. The van der Waals surface area contributed by atoms with E-state index in [9.17, 15) is 0 Å². The number of hydrogen-bond donors (Lipinski definition) is 1. The van der Waals surface area contributed by atoms with Crippen LogP contribution in [-0.4, -0.2) is 26.4 Å². The molecule has 0 bridgehead atoms. The van der Waals surface area contributed by atoms with Gasteiger partial charge in [-0.25, -0.2) is 0 Å². The van der Waals surface area contributed by atoms with Crippen molar-refractivity contribution >= 4 is 11.6 Å². The van der Waals surface area contributed by atoms with Crippen molar-refractivity contribution in [2.24, 2.45) is 0 Å². The largest absolute Gasteiger partial charge is 0.491 e. The fraction of sp³-hybridized carbons (Fsp3) is 0.625. The van der Waals surface area contributed by atoms with Gasteiger partial charge in [-0.05, 0) is 37.6 Å². The van der Waals surface area contributed by atoms with Gasteiger partial charge in [-0.2, -0.15) is 0 Å². The molecular formula is C16H26ClNO2. The molecule has 0 spiro atoms. The smallest absolute Gasteiger partial charge is 0.124 e. The molecule has 1 aromatic carbocycles. The normalized spacial score (nSPS) is 10.8. The molecule has 0 radical (unpaired) electrons. The first-order valence-electron chi connectivity index (χ1n) is 7.47. The Morgan fingerprint density at radius 3 is 2.70 bits per heavy atom. The molecular weight excluding hydrogens is 274 g/mol. The minimum Gasteiger partial charge on any atom is -0.491 e. The second kappa shape index (κ2) is 11.0. The van der Waals surface area contributed by atoms with Crippen LogP contribution < -0.4 is 10.1 Å². The molecule has 1 N–H and O–H groups in total. The van der Waals surface area contributed by atoms with Crippen LogP contribution in [0.15, 0.2) is 18.2 Å². The molecule has 0 aliphatic heterocycles. The van der Waals surface area contributed by atoms with Gasteiger partial charge >= 0.3 is 0 Å². The lowest BCUT2D eigenvalue weighted by Gasteiger charge is -2.13. The standard InChI is InChI=1S/C16H26ClNO2/c1-3-5-9-19-10-11-20-16-7-6-15(17)12-14(16)13-18-8-4-2/h6-7,12,18H,3-5,8-11,13H2,1-2H3. The number of unbranched alkanes of at least 4 members (excludes halogenated alkanes) is 1. The summed E-state index contributed by atoms with van der Waals surface area (Å²) in [5, 5.41) is 4.11. The number of benzene rings is 1. The summed E-state index contributed by atoms with van der Waals surface area (Å²) in [6.07, 6.45) is 3.38. The van der Waals surface area contributed by atoms with Gasteiger partial charge in [0.05, 0.1) is 6.61 Å². The zero-order chi connectivity index (χ0) is 14.6. The first kappa shape index (κ1) is 17.3. The van der Waals surface area contributed by atoms with Crippen LogP contribution >= 0.6 is 11.6 Å². The van der Waals surface area contributed by atoms with E-state index in [0.29, 0.717) is 13.2 Å². The van der Waals surface area contributed by atoms with E-state index in [1.54, 1.807) is 0 Å². The van der Waals surface area contributed by atoms with Gasteiger partial charge in [0, 0.05) is 23.7 Å². The molecule has 1 aromatic rings. The molecule has 0 saturated carbocycles. The number of hydrogen-bond acceptors (Lipinski definition) is 3. The molecule has 3 nitrogen and oxygen atoms in total. The van der Waals surface area contributed by atoms with Crippen molar-refractivity contribution in [3.63, 3.8) is 0 Å². The van der Waals surface area contributed by atoms with E-state index >= 15 is 0 Å². The Bertz CT molecular complexity index is 371. The highest BCUT2D eigenvalue weighted by Gasteiger charge is 2.04. The Morgan fingerprint density at radius 1 is 1.10 bits per heavy atom. The van der Waals surface area contributed by atoms with E-state index in [4.69, 9.17) is 21.1 Å². The zero-order valence-corrected chi connectivity index (χ0v) is 13.3. The molecule has 114 valence electrons. The van der Waals surface area contributed by atoms with E-state index in [1.807, 2.05) is 18.2 Å². The van der Waals surface area contributed by atoms with Crippen molar-refractivity contribution < 1.29 is 9.47 Å². The maximum Gasteiger partial charge on any atom is 0.124 e. The van der Waals surface area contributed by atoms with Crippen molar-refractivity contribution in [3.05, 3.63) is 28.8 Å². The number of halogens is 1. The van der Waals surface area contributed by atoms with Crippen LogP contribution in [0, 0.1) is 0 Å². The van der Waals surface area contributed by atoms with Crippen molar-refractivity contribution in [1.82, 2.24) is 5.32 Å². The molecule has 0 aromatic heterocycles. The molecule has 0 fully saturated rings. The summed E-state index contributed by atoms with van der Waals surface area (Å²) in [6, 6.07) is 5.74. The topological polar surface area (TPSA) is 30.5 Å². The molecule has 0 aliphatic rings. The van der Waals surface area contributed by atoms with Crippen LogP contribution in [0.5, 0.6) is 5.75 Å². The quantitative estimate of drug-likeness (QED) is 0.626. The highest BCUT2D eigenvalue weighted by molar-refractivity contribution is 6.30. The van der Waals surface area contributed by atoms with Gasteiger partial charge in [-0.3, -0.25) is 0 Å². The monoisotopic (exact) mass is 299 g/mol. The lowest BCUT2D eigenvalue weighted by atomic mass is 10.2. The second-order valence-electron chi connectivity index (χ2n) is 4.74. The van der Waals surface area contributed by atoms with E-state index in [1.165, 1.54) is 0 Å². The molecule has 4 heteroatoms. The molecule has 0 amide bonds. The molecule has 0 atom stereocenters. The third kappa shape index (κ3) is 7.13. The van der Waals surface area contributed by atoms with Gasteiger partial charge < -0.3 is 14.8 Å². The number of ether oxygens (including phenoxy) is 2. The first-order valence-corrected chi connectivity index (χ1v) is 7.85. The highest BCUT2D eigenvalue weighted by Crippen LogP contribution is 2.22. The Labute approximate surface area is 127 Å². The molecule has 0 unspecified atom stereocenters. The summed E-state index contributed by atoms with van der Waals surface area (Å²) >= 11 is 6.04. The maximum atomic E-state index is 6.04. The predicted octanol–water partition coefficient (Wildman–Crippen LogP) is 4.04. The Hall–Kier alpha value is -0.770. The van der Waals surface area contributed by atoms with Crippen LogP contribution in [0.4, 0.5) is 0 Å². The minimum absolute atomic E-state index is 0.576. The van der Waals surface area contributed by atoms with Gasteiger partial charge in [-0.15, -0.1) is 0 Å². The van der Waals surface area contributed by atoms with Crippen molar-refractivity contribution in [1.29, 1.82) is 0 Å². The molecule has 0 saturated heterocycles. The summed E-state index contributed by atoms with van der Waals surface area (Å²) in [6.45, 7) is 8.09. The van der Waals surface area contributed by atoms with Crippen LogP contribution in [0.1, 0.15) is 38.7 Å². The Kier molecular flexibility index (Phi) is 9.46. The van der Waals surface area contributed by atoms with Crippen LogP contribution in [0.3, 0.4) is 0 Å². The number of rotatable bonds is 11. The lowest BCUT2D eigenvalue weighted by molar-refractivity contribution is 0.0977. The molecule has 20 heavy (non-hydrogen) atoms. The fourth-order valence-corrected chi connectivity index (χ4v) is 1.98. The maximum absolute atomic E-state index is 6.04. The fourth-order valence-electron chi connectivity index (χ4n) is 1.79. The van der Waals surface area contributed by atoms with E-state index in [0.717, 1.165) is 55.3 Å². The molecule has 0 heterocycles.